The van der Waals surface area contributed by atoms with Crippen molar-refractivity contribution in [2.75, 3.05) is 9.80 Å². The monoisotopic (exact) mass is 1920 g/mol. The van der Waals surface area contributed by atoms with Gasteiger partial charge >= 0.3 is 0 Å². The first-order valence-corrected chi connectivity index (χ1v) is 56.7. The van der Waals surface area contributed by atoms with E-state index < -0.39 is 0 Å². The number of hydrogen-bond acceptors (Lipinski definition) is 2. The van der Waals surface area contributed by atoms with Crippen LogP contribution in [-0.2, 0) is 27.1 Å². The van der Waals surface area contributed by atoms with Gasteiger partial charge in [0, 0.05) is 60.9 Å². The molecule has 22 rings (SSSR count). The Hall–Kier alpha value is -13.4. The van der Waals surface area contributed by atoms with Crippen LogP contribution < -0.4 is 9.80 Å². The standard InChI is InChI=1S/C145H150N2/c1-13-17-21-25-29-39-87-144(88-40-30-26-22-18-14-2)129-47-37-35-43-118(129)124-84-69-111(95-136(124)144)109-67-82-122-120-80-65-107(91-131(120)141(7,8)133(122)93-109)105-57-53-101(54-58-105)103-61-75-114(76-62-103)146(113-71-49-99(5)50-72-113)117-79-86-128-135(97-117)143(11,12)138-98-139(126-45-33-34-46-127(126)140(128)138)147(115-73-51-100(6)52-74-115)116-77-63-104(64-78-116)102-55-59-106(60-56-102)108-66-81-121-123-83-68-110(94-134(123)142(9,10)132(121)92-108)112-70-85-125-119-44-36-38-48-130(119)145(137(125)96-112,89-41-31-27-23-19-15-3)90-42-32-28-24-20-16-4/h33-38,43-86,91-98H,13-32,39-42,87-90H2,1-12H3. The first kappa shape index (κ1) is 98.3. The number of hydrogen-bond donors (Lipinski definition) is 0. The summed E-state index contributed by atoms with van der Waals surface area (Å²) in [6, 6.07) is 138. The molecule has 17 aromatic carbocycles. The summed E-state index contributed by atoms with van der Waals surface area (Å²) >= 11 is 0. The lowest BCUT2D eigenvalue weighted by atomic mass is 9.70. The fourth-order valence-corrected chi connectivity index (χ4v) is 27.1. The molecule has 0 bridgehead atoms. The maximum atomic E-state index is 2.64. The summed E-state index contributed by atoms with van der Waals surface area (Å²) in [6.07, 6.45) is 36.7. The van der Waals surface area contributed by atoms with Gasteiger partial charge in [0.2, 0.25) is 0 Å². The molecule has 0 amide bonds. The molecule has 0 aromatic heterocycles. The summed E-state index contributed by atoms with van der Waals surface area (Å²) < 4.78 is 0. The highest BCUT2D eigenvalue weighted by molar-refractivity contribution is 6.11. The second kappa shape index (κ2) is 41.7. The second-order valence-electron chi connectivity index (χ2n) is 45.9. The quantitative estimate of drug-likeness (QED) is 0.0353. The van der Waals surface area contributed by atoms with Crippen molar-refractivity contribution in [2.24, 2.45) is 0 Å². The Morgan fingerprint density at radius 1 is 0.177 bits per heavy atom. The molecule has 0 spiro atoms. The maximum Gasteiger partial charge on any atom is 0.0543 e. The summed E-state index contributed by atoms with van der Waals surface area (Å²) in [5, 5.41) is 2.47. The molecule has 0 saturated heterocycles. The van der Waals surface area contributed by atoms with Crippen LogP contribution in [0.3, 0.4) is 0 Å². The third kappa shape index (κ3) is 18.4. The van der Waals surface area contributed by atoms with Gasteiger partial charge in [0.25, 0.3) is 0 Å². The smallest absolute Gasteiger partial charge is 0.0543 e. The summed E-state index contributed by atoms with van der Waals surface area (Å²) in [7, 11) is 0. The predicted molar refractivity (Wildman–Crippen MR) is 633 cm³/mol. The zero-order valence-corrected chi connectivity index (χ0v) is 89.7. The van der Waals surface area contributed by atoms with Crippen LogP contribution in [0.5, 0.6) is 0 Å². The van der Waals surface area contributed by atoms with E-state index in [0.29, 0.717) is 0 Å². The van der Waals surface area contributed by atoms with E-state index in [-0.39, 0.29) is 27.1 Å². The van der Waals surface area contributed by atoms with Crippen LogP contribution in [0.1, 0.15) is 316 Å². The van der Waals surface area contributed by atoms with Crippen LogP contribution in [0.4, 0.5) is 34.1 Å². The van der Waals surface area contributed by atoms with Gasteiger partial charge in [-0.1, -0.05) is 483 Å². The molecule has 740 valence electrons. The van der Waals surface area contributed by atoms with Crippen molar-refractivity contribution in [1.29, 1.82) is 0 Å². The lowest BCUT2D eigenvalue weighted by Crippen LogP contribution is -2.25. The Labute approximate surface area is 879 Å². The highest BCUT2D eigenvalue weighted by Crippen LogP contribution is 2.62. The molecule has 17 aromatic rings. The average molecular weight is 1920 g/mol. The van der Waals surface area contributed by atoms with E-state index in [0.717, 1.165) is 34.1 Å². The van der Waals surface area contributed by atoms with Crippen molar-refractivity contribution in [3.05, 3.63) is 419 Å². The summed E-state index contributed by atoms with van der Waals surface area (Å²) in [4.78, 5) is 4.96. The molecular weight excluding hydrogens is 1770 g/mol. The minimum Gasteiger partial charge on any atom is -0.310 e. The van der Waals surface area contributed by atoms with Crippen molar-refractivity contribution in [3.8, 4) is 122 Å². The zero-order chi connectivity index (χ0) is 101. The molecule has 147 heavy (non-hydrogen) atoms. The van der Waals surface area contributed by atoms with Gasteiger partial charge in [0.05, 0.1) is 5.69 Å². The van der Waals surface area contributed by atoms with Gasteiger partial charge in [-0.05, 0) is 326 Å². The fourth-order valence-electron chi connectivity index (χ4n) is 27.1. The molecule has 0 fully saturated rings. The van der Waals surface area contributed by atoms with Gasteiger partial charge < -0.3 is 9.80 Å². The van der Waals surface area contributed by atoms with E-state index in [4.69, 9.17) is 0 Å². The van der Waals surface area contributed by atoms with E-state index in [1.54, 1.807) is 22.3 Å². The van der Waals surface area contributed by atoms with Gasteiger partial charge in [-0.2, -0.15) is 0 Å². The van der Waals surface area contributed by atoms with Crippen LogP contribution in [-0.4, -0.2) is 0 Å². The second-order valence-corrected chi connectivity index (χ2v) is 45.9. The first-order valence-electron chi connectivity index (χ1n) is 56.7. The Bertz CT molecular complexity index is 7630. The topological polar surface area (TPSA) is 6.48 Å². The molecule has 0 unspecified atom stereocenters. The molecule has 0 N–H and O–H groups in total. The largest absolute Gasteiger partial charge is 0.310 e. The van der Waals surface area contributed by atoms with E-state index in [2.05, 4.69) is 445 Å². The highest BCUT2D eigenvalue weighted by Gasteiger charge is 2.47. The molecule has 0 atom stereocenters. The number of nitrogens with zero attached hydrogens (tertiary/aromatic N) is 2. The van der Waals surface area contributed by atoms with Crippen molar-refractivity contribution in [2.45, 2.75) is 290 Å². The summed E-state index contributed by atoms with van der Waals surface area (Å²) in [6.45, 7) is 28.4. The van der Waals surface area contributed by atoms with Crippen LogP contribution in [0.2, 0.25) is 0 Å². The van der Waals surface area contributed by atoms with Gasteiger partial charge in [0.15, 0.2) is 0 Å². The molecule has 0 heterocycles. The van der Waals surface area contributed by atoms with Crippen LogP contribution in [0.15, 0.2) is 352 Å². The lowest BCUT2D eigenvalue weighted by Gasteiger charge is -2.33. The summed E-state index contributed by atoms with van der Waals surface area (Å²) in [5.41, 5.74) is 52.1. The normalized spacial score (nSPS) is 14.3. The molecular formula is C145H150N2. The Kier molecular flexibility index (Phi) is 27.9. The Morgan fingerprint density at radius 2 is 0.415 bits per heavy atom. The summed E-state index contributed by atoms with van der Waals surface area (Å²) in [5.74, 6) is 0. The van der Waals surface area contributed by atoms with Crippen molar-refractivity contribution in [1.82, 2.24) is 0 Å². The van der Waals surface area contributed by atoms with Gasteiger partial charge in [-0.25, -0.2) is 0 Å². The number of fused-ring (bicyclic) bond motifs is 17. The number of anilines is 6. The molecule has 2 nitrogen and oxygen atoms in total. The predicted octanol–water partition coefficient (Wildman–Crippen LogP) is 42.9. The SMILES string of the molecule is CCCCCCCCC1(CCCCCCCC)c2ccccc2-c2ccc(-c3ccc4c(c3)C(C)(C)c3cc(-c5ccc(-c6ccc(N(c7ccc(C)cc7)c7ccc8c(c7)C(C)(C)c7cc(N(c9ccc(C)cc9)c9ccc(-c%10ccc(-c%11ccc%12c(c%11)C(C)(C)c%11cc(-c%13ccc%14c(c%13)C(CCCCCCCC)(CCCCCCCC)c%13ccccc%13-%14)ccc%11-%12)cc%10)cc9)c9ccccc9c7-8)cc6)cc5)ccc3-4)cc21. The number of rotatable bonds is 40. The molecule has 0 saturated carbocycles. The molecule has 0 radical (unpaired) electrons. The Morgan fingerprint density at radius 3 is 0.769 bits per heavy atom. The van der Waals surface area contributed by atoms with E-state index in [1.807, 2.05) is 0 Å². The van der Waals surface area contributed by atoms with Crippen molar-refractivity contribution >= 4 is 44.9 Å². The highest BCUT2D eigenvalue weighted by atomic mass is 15.1. The molecule has 5 aliphatic rings. The van der Waals surface area contributed by atoms with Gasteiger partial charge in [-0.15, -0.1) is 0 Å². The van der Waals surface area contributed by atoms with Crippen molar-refractivity contribution < 1.29 is 0 Å². The van der Waals surface area contributed by atoms with E-state index in [9.17, 15) is 0 Å². The van der Waals surface area contributed by atoms with Crippen LogP contribution in [0, 0.1) is 13.8 Å². The first-order chi connectivity index (χ1) is 71.8. The van der Waals surface area contributed by atoms with Crippen LogP contribution >= 0.6 is 0 Å². The van der Waals surface area contributed by atoms with Crippen molar-refractivity contribution in [3.63, 3.8) is 0 Å². The number of benzene rings is 17. The fraction of sp³-hybridized carbons (Fsp3) is 0.310. The van der Waals surface area contributed by atoms with Crippen LogP contribution in [0.25, 0.3) is 133 Å². The number of unbranched alkanes of at least 4 members (excludes halogenated alkanes) is 20. The molecule has 2 heteroatoms. The average Bonchev–Trinajstić information content (AvgIpc) is 1.56. The van der Waals surface area contributed by atoms with Gasteiger partial charge in [-0.3, -0.25) is 0 Å². The minimum absolute atomic E-state index is 0.0449. The molecule has 0 aliphatic heterocycles. The third-order valence-corrected chi connectivity index (χ3v) is 35.5. The molecule has 5 aliphatic carbocycles. The third-order valence-electron chi connectivity index (χ3n) is 35.5. The van der Waals surface area contributed by atoms with E-state index in [1.165, 1.54) is 357 Å². The van der Waals surface area contributed by atoms with Gasteiger partial charge in [0.1, 0.15) is 0 Å². The number of aryl methyl sites for hydroxylation is 2. The van der Waals surface area contributed by atoms with E-state index >= 15 is 0 Å². The zero-order valence-electron chi connectivity index (χ0n) is 89.7. The minimum atomic E-state index is -0.363. The Balaban J connectivity index is 0.502. The lowest BCUT2D eigenvalue weighted by molar-refractivity contribution is 0.398. The maximum absolute atomic E-state index is 2.64.